The number of hydrogen-bond acceptors (Lipinski definition) is 5. The van der Waals surface area contributed by atoms with Crippen molar-refractivity contribution in [2.45, 2.75) is 38.1 Å². The maximum absolute atomic E-state index is 13.1. The van der Waals surface area contributed by atoms with Crippen LogP contribution in [0.2, 0.25) is 0 Å². The number of benzene rings is 1. The van der Waals surface area contributed by atoms with Crippen LogP contribution in [0.5, 0.6) is 0 Å². The Kier molecular flexibility index (Phi) is 6.11. The van der Waals surface area contributed by atoms with Gasteiger partial charge in [-0.25, -0.2) is 4.89 Å². The van der Waals surface area contributed by atoms with Crippen molar-refractivity contribution in [3.63, 3.8) is 0 Å². The Balaban J connectivity index is 3.62. The zero-order valence-electron chi connectivity index (χ0n) is 12.7. The Morgan fingerprint density at radius 2 is 1.57 bits per heavy atom. The van der Waals surface area contributed by atoms with Crippen molar-refractivity contribution in [3.8, 4) is 12.1 Å². The summed E-state index contributed by atoms with van der Waals surface area (Å²) in [6.07, 6.45) is -6.18. The summed E-state index contributed by atoms with van der Waals surface area (Å²) in [5, 5.41) is 26.9. The van der Waals surface area contributed by atoms with Crippen molar-refractivity contribution in [2.24, 2.45) is 0 Å². The minimum absolute atomic E-state index is 0.238. The monoisotopic (exact) mass is 328 g/mol. The first-order valence-electron chi connectivity index (χ1n) is 6.59. The molecule has 1 rings (SSSR count). The van der Waals surface area contributed by atoms with Gasteiger partial charge in [-0.2, -0.15) is 23.7 Å². The van der Waals surface area contributed by atoms with E-state index in [0.717, 1.165) is 12.1 Å². The number of hydrogen-bond donors (Lipinski definition) is 1. The average molecular weight is 328 g/mol. The topological polar surface area (TPSA) is 86.3 Å². The smallest absolute Gasteiger partial charge is 0.381 e. The van der Waals surface area contributed by atoms with Crippen LogP contribution in [0.1, 0.15) is 42.0 Å². The lowest BCUT2D eigenvalue weighted by Crippen LogP contribution is -2.29. The molecule has 0 aliphatic rings. The third-order valence-corrected chi connectivity index (χ3v) is 3.62. The lowest BCUT2D eigenvalue weighted by molar-refractivity contribution is -0.283. The van der Waals surface area contributed by atoms with Crippen LogP contribution in [0.4, 0.5) is 13.2 Å². The zero-order chi connectivity index (χ0) is 17.8. The lowest BCUT2D eigenvalue weighted by Gasteiger charge is -2.28. The minimum Gasteiger partial charge on any atom is -0.381 e. The summed E-state index contributed by atoms with van der Waals surface area (Å²) >= 11 is 0. The van der Waals surface area contributed by atoms with Gasteiger partial charge in [-0.15, -0.1) is 0 Å². The van der Waals surface area contributed by atoms with Crippen LogP contribution in [0.3, 0.4) is 0 Å². The Morgan fingerprint density at radius 3 is 1.87 bits per heavy atom. The van der Waals surface area contributed by atoms with Crippen LogP contribution in [0.15, 0.2) is 12.1 Å². The maximum Gasteiger partial charge on any atom is 0.418 e. The molecule has 0 fully saturated rings. The number of alkyl halides is 3. The largest absolute Gasteiger partial charge is 0.418 e. The van der Waals surface area contributed by atoms with Gasteiger partial charge in [0.15, 0.2) is 0 Å². The third kappa shape index (κ3) is 3.99. The molecule has 5 nitrogen and oxygen atoms in total. The molecular weight excluding hydrogens is 313 g/mol. The molecule has 0 saturated carbocycles. The molecule has 0 spiro atoms. The lowest BCUT2D eigenvalue weighted by atomic mass is 9.85. The van der Waals surface area contributed by atoms with E-state index in [9.17, 15) is 13.2 Å². The second kappa shape index (κ2) is 7.42. The fourth-order valence-electron chi connectivity index (χ4n) is 2.47. The molecule has 1 aromatic carbocycles. The minimum atomic E-state index is -4.82. The Labute approximate surface area is 131 Å². The van der Waals surface area contributed by atoms with E-state index in [1.54, 1.807) is 6.92 Å². The predicted molar refractivity (Wildman–Crippen MR) is 73.3 cm³/mol. The third-order valence-electron chi connectivity index (χ3n) is 3.62. The van der Waals surface area contributed by atoms with Gasteiger partial charge in [0, 0.05) is 13.0 Å². The molecule has 0 aromatic heterocycles. The van der Waals surface area contributed by atoms with Crippen molar-refractivity contribution in [2.75, 3.05) is 7.11 Å². The molecule has 0 bridgehead atoms. The first kappa shape index (κ1) is 18.9. The Morgan fingerprint density at radius 1 is 1.09 bits per heavy atom. The fraction of sp³-hybridized carbons (Fsp3) is 0.467. The summed E-state index contributed by atoms with van der Waals surface area (Å²) in [5.41, 5.74) is -2.36. The summed E-state index contributed by atoms with van der Waals surface area (Å²) in [6.45, 7) is 3.13. The molecule has 0 aliphatic carbocycles. The normalized spacial score (nSPS) is 15.3. The first-order valence-corrected chi connectivity index (χ1v) is 6.59. The second-order valence-electron chi connectivity index (χ2n) is 4.99. The van der Waals surface area contributed by atoms with Gasteiger partial charge < -0.3 is 4.74 Å². The molecule has 0 aliphatic heterocycles. The molecule has 3 unspecified atom stereocenters. The second-order valence-corrected chi connectivity index (χ2v) is 4.99. The fourth-order valence-corrected chi connectivity index (χ4v) is 2.47. The van der Waals surface area contributed by atoms with Crippen molar-refractivity contribution < 1.29 is 28.1 Å². The molecule has 0 amide bonds. The zero-order valence-corrected chi connectivity index (χ0v) is 12.7. The van der Waals surface area contributed by atoms with Crippen LogP contribution < -0.4 is 0 Å². The van der Waals surface area contributed by atoms with Gasteiger partial charge in [0.05, 0.1) is 41.0 Å². The Hall–Kier alpha value is -2.13. The van der Waals surface area contributed by atoms with Gasteiger partial charge in [-0.3, -0.25) is 5.26 Å². The molecule has 0 saturated heterocycles. The number of halogens is 3. The van der Waals surface area contributed by atoms with Crippen LogP contribution in [0.25, 0.3) is 0 Å². The highest BCUT2D eigenvalue weighted by molar-refractivity contribution is 5.53. The molecule has 1 N–H and O–H groups in total. The van der Waals surface area contributed by atoms with Gasteiger partial charge in [0.2, 0.25) is 0 Å². The van der Waals surface area contributed by atoms with Gasteiger partial charge in [-0.05, 0) is 31.5 Å². The van der Waals surface area contributed by atoms with E-state index < -0.39 is 41.0 Å². The van der Waals surface area contributed by atoms with Crippen molar-refractivity contribution in [3.05, 3.63) is 34.4 Å². The van der Waals surface area contributed by atoms with Crippen LogP contribution in [-0.2, 0) is 15.8 Å². The highest BCUT2D eigenvalue weighted by atomic mass is 19.4. The highest BCUT2D eigenvalue weighted by Crippen LogP contribution is 2.37. The quantitative estimate of drug-likeness (QED) is 0.661. The predicted octanol–water partition coefficient (Wildman–Crippen LogP) is 3.45. The first-order chi connectivity index (χ1) is 10.7. The average Bonchev–Trinajstić information content (AvgIpc) is 2.52. The molecule has 1 aromatic rings. The summed E-state index contributed by atoms with van der Waals surface area (Å²) in [7, 11) is 1.39. The van der Waals surface area contributed by atoms with E-state index >= 15 is 0 Å². The van der Waals surface area contributed by atoms with Gasteiger partial charge in [-0.1, -0.05) is 0 Å². The van der Waals surface area contributed by atoms with Crippen molar-refractivity contribution >= 4 is 0 Å². The van der Waals surface area contributed by atoms with Crippen LogP contribution >= 0.6 is 0 Å². The van der Waals surface area contributed by atoms with Crippen LogP contribution in [-0.4, -0.2) is 24.6 Å². The summed E-state index contributed by atoms with van der Waals surface area (Å²) in [5.74, 6) is -0.675. The molecule has 8 heteroatoms. The molecule has 0 heterocycles. The number of rotatable bonds is 5. The number of ether oxygens (including phenoxy) is 1. The maximum atomic E-state index is 13.1. The van der Waals surface area contributed by atoms with Gasteiger partial charge >= 0.3 is 6.18 Å². The number of nitriles is 2. The molecule has 3 atom stereocenters. The summed E-state index contributed by atoms with van der Waals surface area (Å²) < 4.78 is 44.4. The van der Waals surface area contributed by atoms with Gasteiger partial charge in [0.1, 0.15) is 0 Å². The summed E-state index contributed by atoms with van der Waals surface area (Å²) in [4.78, 5) is 4.27. The molecular formula is C15H15F3N2O3. The van der Waals surface area contributed by atoms with E-state index in [0.29, 0.717) is 0 Å². The van der Waals surface area contributed by atoms with E-state index in [2.05, 4.69) is 4.89 Å². The van der Waals surface area contributed by atoms with E-state index in [-0.39, 0.29) is 5.56 Å². The molecule has 124 valence electrons. The summed E-state index contributed by atoms with van der Waals surface area (Å²) in [6, 6.07) is 5.02. The van der Waals surface area contributed by atoms with Crippen molar-refractivity contribution in [1.29, 1.82) is 10.5 Å². The van der Waals surface area contributed by atoms with E-state index in [1.807, 2.05) is 0 Å². The molecule has 23 heavy (non-hydrogen) atoms. The van der Waals surface area contributed by atoms with E-state index in [4.69, 9.17) is 20.5 Å². The van der Waals surface area contributed by atoms with Crippen molar-refractivity contribution in [1.82, 2.24) is 0 Å². The number of nitrogens with zero attached hydrogens (tertiary/aromatic N) is 2. The van der Waals surface area contributed by atoms with E-state index in [1.165, 1.54) is 26.2 Å². The Bertz CT molecular complexity index is 602. The standard InChI is InChI=1S/C15H15F3N2O3/c1-8(22-3)13(9(2)23-21)10-4-11(6-19)14(15(16,17)18)12(5-10)7-20/h4-5,8-9,13,21H,1-3H3. The van der Waals surface area contributed by atoms with Crippen LogP contribution in [0, 0.1) is 22.7 Å². The number of methoxy groups -OCH3 is 1. The highest BCUT2D eigenvalue weighted by Gasteiger charge is 2.38. The SMILES string of the molecule is COC(C)C(c1cc(C#N)c(C(F)(F)F)c(C#N)c1)C(C)OO. The van der Waals surface area contributed by atoms with Gasteiger partial charge in [0.25, 0.3) is 0 Å². The molecule has 0 radical (unpaired) electrons.